The lowest BCUT2D eigenvalue weighted by atomic mass is 9.98. The Labute approximate surface area is 200 Å². The maximum atomic E-state index is 12.5. The van der Waals surface area contributed by atoms with Gasteiger partial charge in [-0.3, -0.25) is 4.79 Å². The maximum absolute atomic E-state index is 12.5. The van der Waals surface area contributed by atoms with Crippen LogP contribution >= 0.6 is 0 Å². The third kappa shape index (κ3) is 5.94. The average molecular weight is 455 g/mol. The van der Waals surface area contributed by atoms with Crippen LogP contribution in [0.2, 0.25) is 0 Å². The maximum Gasteiger partial charge on any atom is 0.219 e. The molecule has 0 aliphatic rings. The van der Waals surface area contributed by atoms with Crippen molar-refractivity contribution in [3.8, 4) is 5.75 Å². The van der Waals surface area contributed by atoms with Gasteiger partial charge in [-0.15, -0.1) is 0 Å². The topological polar surface area (TPSA) is 54.7 Å². The quantitative estimate of drug-likeness (QED) is 0.370. The van der Waals surface area contributed by atoms with Crippen LogP contribution in [0.25, 0.3) is 0 Å². The summed E-state index contributed by atoms with van der Waals surface area (Å²) in [5.74, 6) is 0.598. The van der Waals surface area contributed by atoms with Crippen molar-refractivity contribution in [3.05, 3.63) is 126 Å². The first-order valence-electron chi connectivity index (χ1n) is 11.5. The molecule has 0 aliphatic heterocycles. The normalized spacial score (nSPS) is 11.9. The number of carbonyl (C=O) groups excluding carboxylic acids is 1. The Kier molecular flexibility index (Phi) is 7.79. The van der Waals surface area contributed by atoms with E-state index in [0.717, 1.165) is 16.8 Å². The minimum absolute atomic E-state index is 0.0208. The Hall–Kier alpha value is -3.83. The van der Waals surface area contributed by atoms with Crippen molar-refractivity contribution in [1.82, 2.24) is 9.47 Å². The molecule has 34 heavy (non-hydrogen) atoms. The van der Waals surface area contributed by atoms with Gasteiger partial charge in [-0.1, -0.05) is 78.9 Å². The van der Waals surface area contributed by atoms with E-state index in [1.807, 2.05) is 85.1 Å². The molecule has 0 fully saturated rings. The van der Waals surface area contributed by atoms with E-state index in [9.17, 15) is 9.90 Å². The van der Waals surface area contributed by atoms with E-state index in [-0.39, 0.29) is 25.1 Å². The van der Waals surface area contributed by atoms with Crippen LogP contribution in [0.3, 0.4) is 0 Å². The molecule has 1 amide bonds. The molecule has 1 heterocycles. The molecular formula is C29H30N2O3. The van der Waals surface area contributed by atoms with Crippen molar-refractivity contribution in [2.45, 2.75) is 25.6 Å². The first-order chi connectivity index (χ1) is 16.6. The largest absolute Gasteiger partial charge is 0.491 e. The Balaban J connectivity index is 1.53. The summed E-state index contributed by atoms with van der Waals surface area (Å²) in [6.07, 6.45) is 1.25. The highest BCUT2D eigenvalue weighted by atomic mass is 16.5. The van der Waals surface area contributed by atoms with Gasteiger partial charge in [0.15, 0.2) is 0 Å². The SMILES string of the molecule is CC(=O)N(Cc1cccn1C(c1ccccc1)c1ccccc1)CC(O)COc1ccccc1. The molecule has 4 rings (SSSR count). The zero-order chi connectivity index (χ0) is 23.8. The zero-order valence-corrected chi connectivity index (χ0v) is 19.3. The minimum atomic E-state index is -0.799. The molecule has 0 saturated heterocycles. The zero-order valence-electron chi connectivity index (χ0n) is 19.3. The van der Waals surface area contributed by atoms with E-state index >= 15 is 0 Å². The average Bonchev–Trinajstić information content (AvgIpc) is 3.32. The molecule has 1 aromatic heterocycles. The van der Waals surface area contributed by atoms with Crippen LogP contribution in [0, 0.1) is 0 Å². The smallest absolute Gasteiger partial charge is 0.219 e. The molecular weight excluding hydrogens is 424 g/mol. The highest BCUT2D eigenvalue weighted by Crippen LogP contribution is 2.29. The van der Waals surface area contributed by atoms with E-state index in [1.165, 1.54) is 6.92 Å². The van der Waals surface area contributed by atoms with E-state index in [1.54, 1.807) is 4.90 Å². The van der Waals surface area contributed by atoms with Gasteiger partial charge in [0, 0.05) is 18.8 Å². The van der Waals surface area contributed by atoms with Gasteiger partial charge in [0.2, 0.25) is 5.91 Å². The van der Waals surface area contributed by atoms with Crippen LogP contribution in [0.5, 0.6) is 5.75 Å². The molecule has 0 radical (unpaired) electrons. The number of hydrogen-bond donors (Lipinski definition) is 1. The summed E-state index contributed by atoms with van der Waals surface area (Å²) in [5, 5.41) is 10.6. The second-order valence-electron chi connectivity index (χ2n) is 8.31. The van der Waals surface area contributed by atoms with Crippen LogP contribution in [0.4, 0.5) is 0 Å². The summed E-state index contributed by atoms with van der Waals surface area (Å²) in [5.41, 5.74) is 3.32. The van der Waals surface area contributed by atoms with Crippen molar-refractivity contribution >= 4 is 5.91 Å². The molecule has 4 aromatic rings. The van der Waals surface area contributed by atoms with Gasteiger partial charge in [0.1, 0.15) is 18.5 Å². The summed E-state index contributed by atoms with van der Waals surface area (Å²) in [6.45, 7) is 2.23. The van der Waals surface area contributed by atoms with Gasteiger partial charge in [-0.2, -0.15) is 0 Å². The highest BCUT2D eigenvalue weighted by molar-refractivity contribution is 5.73. The summed E-state index contributed by atoms with van der Waals surface area (Å²) in [7, 11) is 0. The number of ether oxygens (including phenoxy) is 1. The number of aliphatic hydroxyl groups is 1. The van der Waals surface area contributed by atoms with Crippen LogP contribution in [0.1, 0.15) is 29.8 Å². The van der Waals surface area contributed by atoms with Crippen molar-refractivity contribution < 1.29 is 14.6 Å². The molecule has 0 spiro atoms. The second kappa shape index (κ2) is 11.3. The van der Waals surface area contributed by atoms with Gasteiger partial charge >= 0.3 is 0 Å². The standard InChI is InChI=1S/C29H30N2O3/c1-23(32)30(21-27(33)22-34-28-17-9-4-10-18-28)20-26-16-11-19-31(26)29(24-12-5-2-6-13-24)25-14-7-3-8-15-25/h2-19,27,29,33H,20-22H2,1H3. The van der Waals surface area contributed by atoms with Crippen LogP contribution in [0.15, 0.2) is 109 Å². The molecule has 0 aliphatic carbocycles. The van der Waals surface area contributed by atoms with E-state index in [0.29, 0.717) is 12.3 Å². The molecule has 1 N–H and O–H groups in total. The number of benzene rings is 3. The van der Waals surface area contributed by atoms with Crippen molar-refractivity contribution in [2.75, 3.05) is 13.2 Å². The number of aromatic nitrogens is 1. The number of para-hydroxylation sites is 1. The van der Waals surface area contributed by atoms with E-state index in [2.05, 4.69) is 28.8 Å². The van der Waals surface area contributed by atoms with Gasteiger partial charge < -0.3 is 19.3 Å². The third-order valence-electron chi connectivity index (χ3n) is 5.79. The fourth-order valence-corrected chi connectivity index (χ4v) is 4.12. The fraction of sp³-hybridized carbons (Fsp3) is 0.207. The molecule has 3 aromatic carbocycles. The van der Waals surface area contributed by atoms with Crippen molar-refractivity contribution in [2.24, 2.45) is 0 Å². The van der Waals surface area contributed by atoms with Crippen molar-refractivity contribution in [1.29, 1.82) is 0 Å². The Morgan fingerprint density at radius 3 is 1.97 bits per heavy atom. The van der Waals surface area contributed by atoms with Crippen LogP contribution < -0.4 is 4.74 Å². The highest BCUT2D eigenvalue weighted by Gasteiger charge is 2.21. The lowest BCUT2D eigenvalue weighted by Gasteiger charge is -2.28. The summed E-state index contributed by atoms with van der Waals surface area (Å²) >= 11 is 0. The van der Waals surface area contributed by atoms with Gasteiger partial charge in [-0.25, -0.2) is 0 Å². The first-order valence-corrected chi connectivity index (χ1v) is 11.5. The van der Waals surface area contributed by atoms with Gasteiger partial charge in [0.25, 0.3) is 0 Å². The predicted molar refractivity (Wildman–Crippen MR) is 134 cm³/mol. The van der Waals surface area contributed by atoms with Crippen LogP contribution in [-0.4, -0.2) is 39.7 Å². The molecule has 5 heteroatoms. The first kappa shape index (κ1) is 23.3. The number of hydrogen-bond acceptors (Lipinski definition) is 3. The predicted octanol–water partition coefficient (Wildman–Crippen LogP) is 4.91. The fourth-order valence-electron chi connectivity index (χ4n) is 4.12. The Morgan fingerprint density at radius 1 is 0.853 bits per heavy atom. The molecule has 174 valence electrons. The summed E-state index contributed by atoms with van der Waals surface area (Å²) in [6, 6.07) is 34.0. The molecule has 0 saturated carbocycles. The Bertz CT molecular complexity index is 1120. The monoisotopic (exact) mass is 454 g/mol. The molecule has 1 unspecified atom stereocenters. The lowest BCUT2D eigenvalue weighted by molar-refractivity contribution is -0.131. The number of aliphatic hydroxyl groups excluding tert-OH is 1. The molecule has 5 nitrogen and oxygen atoms in total. The minimum Gasteiger partial charge on any atom is -0.491 e. The van der Waals surface area contributed by atoms with Gasteiger partial charge in [0.05, 0.1) is 19.1 Å². The molecule has 0 bridgehead atoms. The summed E-state index contributed by atoms with van der Waals surface area (Å²) in [4.78, 5) is 14.1. The number of nitrogens with zero attached hydrogens (tertiary/aromatic N) is 2. The van der Waals surface area contributed by atoms with Crippen molar-refractivity contribution in [3.63, 3.8) is 0 Å². The lowest BCUT2D eigenvalue weighted by Crippen LogP contribution is -2.38. The Morgan fingerprint density at radius 2 is 1.41 bits per heavy atom. The summed E-state index contributed by atoms with van der Waals surface area (Å²) < 4.78 is 7.87. The number of amides is 1. The molecule has 1 atom stereocenters. The number of carbonyl (C=O) groups is 1. The van der Waals surface area contributed by atoms with Crippen LogP contribution in [-0.2, 0) is 11.3 Å². The van der Waals surface area contributed by atoms with Gasteiger partial charge in [-0.05, 0) is 35.4 Å². The third-order valence-corrected chi connectivity index (χ3v) is 5.79. The second-order valence-corrected chi connectivity index (χ2v) is 8.31. The van der Waals surface area contributed by atoms with E-state index in [4.69, 9.17) is 4.74 Å². The van der Waals surface area contributed by atoms with E-state index < -0.39 is 6.10 Å². The number of rotatable bonds is 10.